The first-order valence-electron chi connectivity index (χ1n) is 8.37. The molecule has 0 saturated heterocycles. The fourth-order valence-corrected chi connectivity index (χ4v) is 1.49. The van der Waals surface area contributed by atoms with Crippen LogP contribution in [0.15, 0.2) is 0 Å². The number of methoxy groups -OCH3 is 1. The Bertz CT molecular complexity index is 185. The van der Waals surface area contributed by atoms with Crippen LogP contribution in [0.1, 0.15) is 13.3 Å². The number of hydrogen-bond acceptors (Lipinski definition) is 7. The van der Waals surface area contributed by atoms with Crippen LogP contribution in [0.4, 0.5) is 0 Å². The molecule has 0 aromatic rings. The molecular formula is C16H34O7. The standard InChI is InChI=1S/C16H34O7/c1-3-4-18-7-8-20-11-12-22-15-16-23-14-13-21-10-9-19-6-5-17-2/h3-16H2,1-2H3. The Labute approximate surface area is 140 Å². The molecule has 0 aliphatic heterocycles. The van der Waals surface area contributed by atoms with E-state index < -0.39 is 0 Å². The third kappa shape index (κ3) is 21.7. The highest BCUT2D eigenvalue weighted by Crippen LogP contribution is 1.85. The summed E-state index contributed by atoms with van der Waals surface area (Å²) in [5, 5.41) is 0. The summed E-state index contributed by atoms with van der Waals surface area (Å²) in [4.78, 5) is 0. The normalized spacial score (nSPS) is 11.2. The monoisotopic (exact) mass is 338 g/mol. The van der Waals surface area contributed by atoms with Gasteiger partial charge in [-0.05, 0) is 6.42 Å². The highest BCUT2D eigenvalue weighted by atomic mass is 16.6. The Morgan fingerprint density at radius 1 is 0.391 bits per heavy atom. The van der Waals surface area contributed by atoms with E-state index in [4.69, 9.17) is 33.2 Å². The van der Waals surface area contributed by atoms with Gasteiger partial charge in [-0.2, -0.15) is 0 Å². The average molecular weight is 338 g/mol. The van der Waals surface area contributed by atoms with Crippen molar-refractivity contribution in [3.05, 3.63) is 0 Å². The first-order valence-corrected chi connectivity index (χ1v) is 8.37. The van der Waals surface area contributed by atoms with Gasteiger partial charge in [-0.1, -0.05) is 6.92 Å². The maximum absolute atomic E-state index is 5.38. The lowest BCUT2D eigenvalue weighted by atomic mass is 10.5. The molecule has 7 nitrogen and oxygen atoms in total. The van der Waals surface area contributed by atoms with E-state index in [-0.39, 0.29) is 0 Å². The van der Waals surface area contributed by atoms with Crippen LogP contribution in [0.2, 0.25) is 0 Å². The van der Waals surface area contributed by atoms with Crippen LogP contribution in [-0.4, -0.2) is 93.0 Å². The molecule has 0 aliphatic carbocycles. The minimum absolute atomic E-state index is 0.562. The molecule has 0 aromatic heterocycles. The summed E-state index contributed by atoms with van der Waals surface area (Å²) in [5.41, 5.74) is 0. The molecule has 0 fully saturated rings. The van der Waals surface area contributed by atoms with E-state index in [0.29, 0.717) is 79.3 Å². The van der Waals surface area contributed by atoms with Gasteiger partial charge in [0, 0.05) is 13.7 Å². The SMILES string of the molecule is CCCOCCOCCOCCOCCOCCOCCOC. The Morgan fingerprint density at radius 2 is 0.652 bits per heavy atom. The van der Waals surface area contributed by atoms with Gasteiger partial charge in [-0.3, -0.25) is 0 Å². The molecule has 0 N–H and O–H groups in total. The summed E-state index contributed by atoms with van der Waals surface area (Å²) in [5.74, 6) is 0. The molecule has 0 rings (SSSR count). The van der Waals surface area contributed by atoms with Crippen LogP contribution in [0.25, 0.3) is 0 Å². The molecule has 140 valence electrons. The Morgan fingerprint density at radius 3 is 0.913 bits per heavy atom. The van der Waals surface area contributed by atoms with Crippen molar-refractivity contribution in [3.8, 4) is 0 Å². The van der Waals surface area contributed by atoms with Gasteiger partial charge in [-0.25, -0.2) is 0 Å². The lowest BCUT2D eigenvalue weighted by Gasteiger charge is -2.08. The molecule has 0 amide bonds. The van der Waals surface area contributed by atoms with Crippen LogP contribution in [0.5, 0.6) is 0 Å². The van der Waals surface area contributed by atoms with Crippen LogP contribution in [0, 0.1) is 0 Å². The van der Waals surface area contributed by atoms with Crippen LogP contribution in [-0.2, 0) is 33.2 Å². The second kappa shape index (κ2) is 21.7. The lowest BCUT2D eigenvalue weighted by molar-refractivity contribution is -0.0190. The molecular weight excluding hydrogens is 304 g/mol. The van der Waals surface area contributed by atoms with Crippen molar-refractivity contribution in [2.75, 3.05) is 93.0 Å². The summed E-state index contributed by atoms with van der Waals surface area (Å²) in [6, 6.07) is 0. The van der Waals surface area contributed by atoms with E-state index in [2.05, 4.69) is 6.92 Å². The van der Waals surface area contributed by atoms with Crippen molar-refractivity contribution in [2.45, 2.75) is 13.3 Å². The molecule has 0 heterocycles. The van der Waals surface area contributed by atoms with Crippen molar-refractivity contribution in [2.24, 2.45) is 0 Å². The van der Waals surface area contributed by atoms with Crippen LogP contribution in [0.3, 0.4) is 0 Å². The van der Waals surface area contributed by atoms with Gasteiger partial charge in [0.2, 0.25) is 0 Å². The van der Waals surface area contributed by atoms with Gasteiger partial charge in [0.1, 0.15) is 0 Å². The van der Waals surface area contributed by atoms with E-state index in [1.807, 2.05) is 0 Å². The summed E-state index contributed by atoms with van der Waals surface area (Å²) < 4.78 is 36.9. The van der Waals surface area contributed by atoms with E-state index in [1.54, 1.807) is 7.11 Å². The predicted octanol–water partition coefficient (Wildman–Crippen LogP) is 1.14. The summed E-state index contributed by atoms with van der Waals surface area (Å²) in [6.07, 6.45) is 1.04. The van der Waals surface area contributed by atoms with Gasteiger partial charge in [0.25, 0.3) is 0 Å². The largest absolute Gasteiger partial charge is 0.382 e. The number of hydrogen-bond donors (Lipinski definition) is 0. The smallest absolute Gasteiger partial charge is 0.0701 e. The third-order valence-corrected chi connectivity index (χ3v) is 2.64. The second-order valence-electron chi connectivity index (χ2n) is 4.67. The summed E-state index contributed by atoms with van der Waals surface area (Å²) in [7, 11) is 1.65. The minimum Gasteiger partial charge on any atom is -0.382 e. The number of ether oxygens (including phenoxy) is 7. The van der Waals surface area contributed by atoms with Crippen LogP contribution < -0.4 is 0 Å². The highest BCUT2D eigenvalue weighted by molar-refractivity contribution is 4.36. The Balaban J connectivity index is 2.92. The summed E-state index contributed by atoms with van der Waals surface area (Å²) >= 11 is 0. The van der Waals surface area contributed by atoms with Gasteiger partial charge < -0.3 is 33.2 Å². The highest BCUT2D eigenvalue weighted by Gasteiger charge is 1.93. The van der Waals surface area contributed by atoms with E-state index in [9.17, 15) is 0 Å². The number of rotatable bonds is 20. The van der Waals surface area contributed by atoms with Gasteiger partial charge in [0.15, 0.2) is 0 Å². The fourth-order valence-electron chi connectivity index (χ4n) is 1.49. The maximum Gasteiger partial charge on any atom is 0.0701 e. The molecule has 0 radical (unpaired) electrons. The quantitative estimate of drug-likeness (QED) is 0.308. The molecule has 0 saturated carbocycles. The average Bonchev–Trinajstić information content (AvgIpc) is 2.57. The van der Waals surface area contributed by atoms with Gasteiger partial charge in [-0.15, -0.1) is 0 Å². The molecule has 0 spiro atoms. The third-order valence-electron chi connectivity index (χ3n) is 2.64. The Kier molecular flexibility index (Phi) is 21.5. The zero-order valence-corrected chi connectivity index (χ0v) is 14.8. The van der Waals surface area contributed by atoms with Gasteiger partial charge in [0.05, 0.1) is 79.3 Å². The zero-order valence-electron chi connectivity index (χ0n) is 14.8. The molecule has 7 heteroatoms. The first kappa shape index (κ1) is 22.7. The van der Waals surface area contributed by atoms with Crippen molar-refractivity contribution in [1.29, 1.82) is 0 Å². The van der Waals surface area contributed by atoms with E-state index in [0.717, 1.165) is 13.0 Å². The van der Waals surface area contributed by atoms with Gasteiger partial charge >= 0.3 is 0 Å². The minimum atomic E-state index is 0.562. The van der Waals surface area contributed by atoms with Crippen molar-refractivity contribution < 1.29 is 33.2 Å². The second-order valence-corrected chi connectivity index (χ2v) is 4.67. The molecule has 0 aromatic carbocycles. The molecule has 0 bridgehead atoms. The fraction of sp³-hybridized carbons (Fsp3) is 1.00. The van der Waals surface area contributed by atoms with E-state index in [1.165, 1.54) is 0 Å². The first-order chi connectivity index (χ1) is 11.4. The zero-order chi connectivity index (χ0) is 16.8. The lowest BCUT2D eigenvalue weighted by Crippen LogP contribution is -2.14. The van der Waals surface area contributed by atoms with Crippen molar-refractivity contribution in [1.82, 2.24) is 0 Å². The Hall–Kier alpha value is -0.280. The van der Waals surface area contributed by atoms with E-state index >= 15 is 0 Å². The molecule has 0 atom stereocenters. The van der Waals surface area contributed by atoms with Crippen LogP contribution >= 0.6 is 0 Å². The molecule has 0 unspecified atom stereocenters. The van der Waals surface area contributed by atoms with Crippen molar-refractivity contribution >= 4 is 0 Å². The van der Waals surface area contributed by atoms with Crippen molar-refractivity contribution in [3.63, 3.8) is 0 Å². The molecule has 23 heavy (non-hydrogen) atoms. The topological polar surface area (TPSA) is 64.6 Å². The summed E-state index contributed by atoms with van der Waals surface area (Å²) in [6.45, 7) is 9.92. The maximum atomic E-state index is 5.38. The predicted molar refractivity (Wildman–Crippen MR) is 87.1 cm³/mol. The molecule has 0 aliphatic rings.